The molecule has 138 valence electrons. The van der Waals surface area contributed by atoms with E-state index < -0.39 is 0 Å². The Balaban J connectivity index is 1.90. The van der Waals surface area contributed by atoms with Gasteiger partial charge in [0.15, 0.2) is 0 Å². The quantitative estimate of drug-likeness (QED) is 0.202. The van der Waals surface area contributed by atoms with E-state index in [0.717, 1.165) is 22.1 Å². The van der Waals surface area contributed by atoms with E-state index in [-0.39, 0.29) is 0 Å². The summed E-state index contributed by atoms with van der Waals surface area (Å²) < 4.78 is 0. The minimum absolute atomic E-state index is 0.929. The zero-order valence-corrected chi connectivity index (χ0v) is 16.1. The molecule has 1 heterocycles. The van der Waals surface area contributed by atoms with Gasteiger partial charge in [0.25, 0.3) is 0 Å². The van der Waals surface area contributed by atoms with Crippen molar-refractivity contribution in [3.8, 4) is 0 Å². The van der Waals surface area contributed by atoms with Gasteiger partial charge in [-0.3, -0.25) is 0 Å². The van der Waals surface area contributed by atoms with Gasteiger partial charge in [0, 0.05) is 10.8 Å². The van der Waals surface area contributed by atoms with Crippen LogP contribution >= 0.6 is 0 Å². The molecule has 2 heteroatoms. The Hall–Kier alpha value is -4.04. The molecule has 0 aliphatic rings. The van der Waals surface area contributed by atoms with Gasteiger partial charge in [0.1, 0.15) is 0 Å². The summed E-state index contributed by atoms with van der Waals surface area (Å²) in [6.07, 6.45) is 0. The van der Waals surface area contributed by atoms with Gasteiger partial charge in [-0.1, -0.05) is 84.9 Å². The van der Waals surface area contributed by atoms with E-state index in [9.17, 15) is 0 Å². The maximum absolute atomic E-state index is 5.15. The van der Waals surface area contributed by atoms with Crippen molar-refractivity contribution in [2.75, 3.05) is 0 Å². The highest BCUT2D eigenvalue weighted by Gasteiger charge is 2.16. The molecule has 0 saturated heterocycles. The second kappa shape index (κ2) is 5.74. The summed E-state index contributed by atoms with van der Waals surface area (Å²) in [5.41, 5.74) is 3.81. The van der Waals surface area contributed by atoms with Crippen LogP contribution in [0.2, 0.25) is 0 Å². The molecule has 7 aromatic rings. The molecule has 0 bridgehead atoms. The van der Waals surface area contributed by atoms with Gasteiger partial charge >= 0.3 is 0 Å². The van der Waals surface area contributed by atoms with Crippen LogP contribution in [0.4, 0.5) is 0 Å². The van der Waals surface area contributed by atoms with Gasteiger partial charge in [-0.25, -0.2) is 9.97 Å². The van der Waals surface area contributed by atoms with Gasteiger partial charge in [0.05, 0.1) is 22.1 Å². The molecule has 0 aliphatic heterocycles. The molecule has 0 spiro atoms. The Bertz CT molecular complexity index is 1660. The van der Waals surface area contributed by atoms with E-state index in [2.05, 4.69) is 72.8 Å². The molecule has 0 N–H and O–H groups in total. The lowest BCUT2D eigenvalue weighted by atomic mass is 9.92. The first-order valence-corrected chi connectivity index (χ1v) is 10.2. The summed E-state index contributed by atoms with van der Waals surface area (Å²) >= 11 is 0. The molecular weight excluding hydrogens is 364 g/mol. The Labute approximate surface area is 172 Å². The Morgan fingerprint density at radius 2 is 0.800 bits per heavy atom. The molecule has 0 atom stereocenters. The number of aromatic nitrogens is 2. The highest BCUT2D eigenvalue weighted by atomic mass is 14.8. The number of hydrogen-bond acceptors (Lipinski definition) is 2. The number of fused-ring (bicyclic) bond motifs is 11. The SMILES string of the molecule is c1ccc2c(c1)ccc1c3ccc4ccccc4c3c3nc4ccccc4nc3c21. The lowest BCUT2D eigenvalue weighted by Gasteiger charge is -2.14. The average molecular weight is 380 g/mol. The summed E-state index contributed by atoms with van der Waals surface area (Å²) in [6, 6.07) is 34.2. The molecule has 7 rings (SSSR count). The van der Waals surface area contributed by atoms with Crippen LogP contribution in [0.1, 0.15) is 0 Å². The average Bonchev–Trinajstić information content (AvgIpc) is 2.82. The van der Waals surface area contributed by atoms with E-state index in [1.807, 2.05) is 24.3 Å². The standard InChI is InChI=1S/C28H16N2/c1-3-9-19-17(7-1)13-15-21-22-16-14-18-8-2-4-10-20(18)26(22)28-27(25(19)21)29-23-11-5-6-12-24(23)30-28/h1-16H. The lowest BCUT2D eigenvalue weighted by Crippen LogP contribution is -1.93. The molecule has 0 aliphatic carbocycles. The highest BCUT2D eigenvalue weighted by Crippen LogP contribution is 2.40. The fourth-order valence-electron chi connectivity index (χ4n) is 4.85. The first kappa shape index (κ1) is 15.8. The molecule has 1 aromatic heterocycles. The maximum atomic E-state index is 5.15. The van der Waals surface area contributed by atoms with Crippen molar-refractivity contribution in [2.45, 2.75) is 0 Å². The first-order valence-electron chi connectivity index (χ1n) is 10.2. The van der Waals surface area contributed by atoms with Gasteiger partial charge in [-0.2, -0.15) is 0 Å². The monoisotopic (exact) mass is 380 g/mol. The van der Waals surface area contributed by atoms with E-state index in [4.69, 9.17) is 9.97 Å². The van der Waals surface area contributed by atoms with Gasteiger partial charge in [-0.15, -0.1) is 0 Å². The molecule has 0 fully saturated rings. The summed E-state index contributed by atoms with van der Waals surface area (Å²) in [6.45, 7) is 0. The smallest absolute Gasteiger partial charge is 0.0986 e. The van der Waals surface area contributed by atoms with Crippen molar-refractivity contribution in [1.82, 2.24) is 9.97 Å². The normalized spacial score (nSPS) is 12.0. The van der Waals surface area contributed by atoms with Crippen molar-refractivity contribution in [2.24, 2.45) is 0 Å². The van der Waals surface area contributed by atoms with Crippen LogP contribution in [0.3, 0.4) is 0 Å². The molecular formula is C28H16N2. The molecule has 2 nitrogen and oxygen atoms in total. The van der Waals surface area contributed by atoms with Gasteiger partial charge in [0.2, 0.25) is 0 Å². The minimum atomic E-state index is 0.929. The van der Waals surface area contributed by atoms with Crippen LogP contribution in [0.15, 0.2) is 97.1 Å². The lowest BCUT2D eigenvalue weighted by molar-refractivity contribution is 1.42. The zero-order valence-electron chi connectivity index (χ0n) is 16.1. The summed E-state index contributed by atoms with van der Waals surface area (Å²) in [5, 5.41) is 9.72. The van der Waals surface area contributed by atoms with Gasteiger partial charge < -0.3 is 0 Å². The zero-order chi connectivity index (χ0) is 19.7. The maximum Gasteiger partial charge on any atom is 0.0986 e. The van der Waals surface area contributed by atoms with Crippen LogP contribution in [-0.2, 0) is 0 Å². The van der Waals surface area contributed by atoms with E-state index in [1.54, 1.807) is 0 Å². The molecule has 6 aromatic carbocycles. The summed E-state index contributed by atoms with van der Waals surface area (Å²) in [4.78, 5) is 10.3. The summed E-state index contributed by atoms with van der Waals surface area (Å²) in [7, 11) is 0. The molecule has 30 heavy (non-hydrogen) atoms. The number of nitrogens with zero attached hydrogens (tertiary/aromatic N) is 2. The first-order chi connectivity index (χ1) is 14.9. The molecule has 0 saturated carbocycles. The van der Waals surface area contributed by atoms with E-state index >= 15 is 0 Å². The van der Waals surface area contributed by atoms with Gasteiger partial charge in [-0.05, 0) is 44.5 Å². The number of rotatable bonds is 0. The number of hydrogen-bond donors (Lipinski definition) is 0. The van der Waals surface area contributed by atoms with Crippen LogP contribution < -0.4 is 0 Å². The van der Waals surface area contributed by atoms with Crippen molar-refractivity contribution < 1.29 is 0 Å². The molecule has 0 radical (unpaired) electrons. The van der Waals surface area contributed by atoms with Crippen molar-refractivity contribution >= 4 is 65.2 Å². The Kier molecular flexibility index (Phi) is 3.03. The topological polar surface area (TPSA) is 25.8 Å². The van der Waals surface area contributed by atoms with E-state index in [1.165, 1.54) is 43.1 Å². The van der Waals surface area contributed by atoms with Crippen LogP contribution in [0.5, 0.6) is 0 Å². The van der Waals surface area contributed by atoms with Crippen LogP contribution in [-0.4, -0.2) is 9.97 Å². The predicted octanol–water partition coefficient (Wildman–Crippen LogP) is 7.40. The number of para-hydroxylation sites is 2. The van der Waals surface area contributed by atoms with Crippen LogP contribution in [0, 0.1) is 0 Å². The third kappa shape index (κ3) is 2.03. The molecule has 0 amide bonds. The van der Waals surface area contributed by atoms with E-state index in [0.29, 0.717) is 0 Å². The highest BCUT2D eigenvalue weighted by molar-refractivity contribution is 6.34. The second-order valence-corrected chi connectivity index (χ2v) is 7.83. The Morgan fingerprint density at radius 3 is 1.30 bits per heavy atom. The second-order valence-electron chi connectivity index (χ2n) is 7.83. The van der Waals surface area contributed by atoms with Crippen LogP contribution in [0.25, 0.3) is 65.2 Å². The summed E-state index contributed by atoms with van der Waals surface area (Å²) in [5.74, 6) is 0. The Morgan fingerprint density at radius 1 is 0.367 bits per heavy atom. The fourth-order valence-corrected chi connectivity index (χ4v) is 4.85. The van der Waals surface area contributed by atoms with Crippen molar-refractivity contribution in [1.29, 1.82) is 0 Å². The largest absolute Gasteiger partial charge is 0.244 e. The number of benzene rings is 6. The predicted molar refractivity (Wildman–Crippen MR) is 127 cm³/mol. The fraction of sp³-hybridized carbons (Fsp3) is 0. The molecule has 0 unspecified atom stereocenters. The van der Waals surface area contributed by atoms with Crippen molar-refractivity contribution in [3.63, 3.8) is 0 Å². The van der Waals surface area contributed by atoms with Crippen molar-refractivity contribution in [3.05, 3.63) is 97.1 Å². The third-order valence-electron chi connectivity index (χ3n) is 6.19. The third-order valence-corrected chi connectivity index (χ3v) is 6.19. The minimum Gasteiger partial charge on any atom is -0.244 e.